The van der Waals surface area contributed by atoms with Gasteiger partial charge in [0.2, 0.25) is 0 Å². The van der Waals surface area contributed by atoms with Crippen molar-refractivity contribution < 1.29 is 28.6 Å². The lowest BCUT2D eigenvalue weighted by Crippen LogP contribution is -2.30. The van der Waals surface area contributed by atoms with Gasteiger partial charge in [-0.1, -0.05) is 264 Å². The monoisotopic (exact) mass is 997 g/mol. The van der Waals surface area contributed by atoms with Crippen molar-refractivity contribution in [1.82, 2.24) is 0 Å². The molecule has 0 rings (SSSR count). The van der Waals surface area contributed by atoms with E-state index in [4.69, 9.17) is 14.2 Å². The molecule has 1 unspecified atom stereocenters. The molecule has 0 saturated carbocycles. The first-order valence-electron chi connectivity index (χ1n) is 29.5. The first kappa shape index (κ1) is 67.8. The molecular formula is C66H108O6. The molecule has 6 heteroatoms. The number of ether oxygens (including phenoxy) is 3. The van der Waals surface area contributed by atoms with Crippen LogP contribution in [0.15, 0.2) is 122 Å². The maximum Gasteiger partial charge on any atom is 0.306 e. The maximum atomic E-state index is 12.8. The van der Waals surface area contributed by atoms with Gasteiger partial charge in [0.25, 0.3) is 0 Å². The number of rotatable bonds is 52. The number of unbranched alkanes of at least 4 members (excludes halogenated alkanes) is 21. The Balaban J connectivity index is 4.23. The van der Waals surface area contributed by atoms with Crippen molar-refractivity contribution in [3.63, 3.8) is 0 Å². The lowest BCUT2D eigenvalue weighted by molar-refractivity contribution is -0.167. The fraction of sp³-hybridized carbons (Fsp3) is 0.652. The zero-order valence-electron chi connectivity index (χ0n) is 46.7. The van der Waals surface area contributed by atoms with Gasteiger partial charge in [0, 0.05) is 19.3 Å². The summed E-state index contributed by atoms with van der Waals surface area (Å²) in [4.78, 5) is 37.9. The van der Waals surface area contributed by atoms with Gasteiger partial charge in [-0.3, -0.25) is 14.4 Å². The topological polar surface area (TPSA) is 78.9 Å². The number of carbonyl (C=O) groups excluding carboxylic acids is 3. The van der Waals surface area contributed by atoms with Crippen molar-refractivity contribution >= 4 is 17.9 Å². The van der Waals surface area contributed by atoms with E-state index in [1.165, 1.54) is 96.3 Å². The van der Waals surface area contributed by atoms with Crippen molar-refractivity contribution in [2.75, 3.05) is 13.2 Å². The summed E-state index contributed by atoms with van der Waals surface area (Å²) in [6.45, 7) is 6.44. The van der Waals surface area contributed by atoms with Crippen LogP contribution < -0.4 is 0 Å². The van der Waals surface area contributed by atoms with Crippen LogP contribution in [0.5, 0.6) is 0 Å². The largest absolute Gasteiger partial charge is 0.462 e. The lowest BCUT2D eigenvalue weighted by Gasteiger charge is -2.18. The molecule has 0 aromatic rings. The molecule has 0 aliphatic carbocycles. The predicted octanol–water partition coefficient (Wildman–Crippen LogP) is 20.0. The first-order valence-corrected chi connectivity index (χ1v) is 29.5. The van der Waals surface area contributed by atoms with Crippen LogP contribution in [0, 0.1) is 0 Å². The van der Waals surface area contributed by atoms with Crippen LogP contribution in [0.3, 0.4) is 0 Å². The number of carbonyl (C=O) groups is 3. The Hall–Kier alpha value is -4.19. The van der Waals surface area contributed by atoms with Crippen LogP contribution in [0.1, 0.15) is 258 Å². The quantitative estimate of drug-likeness (QED) is 0.0261. The fourth-order valence-corrected chi connectivity index (χ4v) is 7.82. The Morgan fingerprint density at radius 1 is 0.292 bits per heavy atom. The molecule has 0 radical (unpaired) electrons. The summed E-state index contributed by atoms with van der Waals surface area (Å²) in [5.41, 5.74) is 0. The third-order valence-electron chi connectivity index (χ3n) is 12.2. The summed E-state index contributed by atoms with van der Waals surface area (Å²) >= 11 is 0. The van der Waals surface area contributed by atoms with Gasteiger partial charge in [0.1, 0.15) is 13.2 Å². The normalized spacial score (nSPS) is 13.0. The molecule has 0 aliphatic rings. The summed E-state index contributed by atoms with van der Waals surface area (Å²) in [5, 5.41) is 0. The van der Waals surface area contributed by atoms with E-state index in [-0.39, 0.29) is 31.1 Å². The van der Waals surface area contributed by atoms with Gasteiger partial charge >= 0.3 is 17.9 Å². The minimum Gasteiger partial charge on any atom is -0.462 e. The second-order valence-corrected chi connectivity index (χ2v) is 19.2. The number of esters is 3. The van der Waals surface area contributed by atoms with Gasteiger partial charge in [-0.2, -0.15) is 0 Å². The van der Waals surface area contributed by atoms with Gasteiger partial charge in [0.15, 0.2) is 6.10 Å². The van der Waals surface area contributed by atoms with E-state index >= 15 is 0 Å². The smallest absolute Gasteiger partial charge is 0.306 e. The average Bonchev–Trinajstić information content (AvgIpc) is 3.38. The lowest BCUT2D eigenvalue weighted by atomic mass is 10.0. The first-order chi connectivity index (χ1) is 35.5. The van der Waals surface area contributed by atoms with Crippen LogP contribution in [-0.4, -0.2) is 37.2 Å². The maximum absolute atomic E-state index is 12.8. The van der Waals surface area contributed by atoms with E-state index in [0.29, 0.717) is 19.3 Å². The molecule has 0 aliphatic heterocycles. The minimum absolute atomic E-state index is 0.0910. The summed E-state index contributed by atoms with van der Waals surface area (Å²) < 4.78 is 16.7. The van der Waals surface area contributed by atoms with Gasteiger partial charge < -0.3 is 14.2 Å². The van der Waals surface area contributed by atoms with Gasteiger partial charge in [-0.15, -0.1) is 0 Å². The van der Waals surface area contributed by atoms with Crippen LogP contribution in [0.4, 0.5) is 0 Å². The van der Waals surface area contributed by atoms with E-state index in [2.05, 4.69) is 142 Å². The van der Waals surface area contributed by atoms with Gasteiger partial charge in [-0.05, 0) is 96.3 Å². The average molecular weight is 998 g/mol. The molecule has 0 spiro atoms. The second kappa shape index (κ2) is 59.4. The molecule has 0 amide bonds. The molecule has 6 nitrogen and oxygen atoms in total. The molecule has 0 N–H and O–H groups in total. The highest BCUT2D eigenvalue weighted by Gasteiger charge is 2.19. The molecule has 1 atom stereocenters. The van der Waals surface area contributed by atoms with Gasteiger partial charge in [-0.25, -0.2) is 0 Å². The van der Waals surface area contributed by atoms with Crippen LogP contribution >= 0.6 is 0 Å². The Labute approximate surface area is 443 Å². The van der Waals surface area contributed by atoms with Crippen molar-refractivity contribution in [2.24, 2.45) is 0 Å². The van der Waals surface area contributed by atoms with Crippen molar-refractivity contribution in [3.05, 3.63) is 122 Å². The Bertz CT molecular complexity index is 1520. The molecule has 0 aromatic carbocycles. The summed E-state index contributed by atoms with van der Waals surface area (Å²) in [7, 11) is 0. The summed E-state index contributed by atoms with van der Waals surface area (Å²) in [5.74, 6) is -0.943. The Morgan fingerprint density at radius 3 is 0.847 bits per heavy atom. The van der Waals surface area contributed by atoms with Gasteiger partial charge in [0.05, 0.1) is 0 Å². The van der Waals surface area contributed by atoms with E-state index in [0.717, 1.165) is 122 Å². The van der Waals surface area contributed by atoms with Crippen LogP contribution in [-0.2, 0) is 28.6 Å². The minimum atomic E-state index is -0.793. The van der Waals surface area contributed by atoms with Crippen molar-refractivity contribution in [2.45, 2.75) is 264 Å². The highest BCUT2D eigenvalue weighted by molar-refractivity contribution is 5.71. The van der Waals surface area contributed by atoms with E-state index in [9.17, 15) is 14.4 Å². The number of allylic oxidation sites excluding steroid dienone is 20. The predicted molar refractivity (Wildman–Crippen MR) is 311 cm³/mol. The molecule has 0 bridgehead atoms. The molecule has 0 heterocycles. The SMILES string of the molecule is CC/C=C\C/C=C\C/C=C\C/C=C\C/C=C\C/C=C\C/C=C\C/C=C\C/C=C\C/C=C\CCCCC(=O)OCC(COC(=O)CCCCCCCCC)OC(=O)CCCCCCCCCCCCCCCC. The fourth-order valence-electron chi connectivity index (χ4n) is 7.82. The summed E-state index contributed by atoms with van der Waals surface area (Å²) in [6, 6.07) is 0. The Kier molecular flexibility index (Phi) is 55.9. The highest BCUT2D eigenvalue weighted by Crippen LogP contribution is 2.15. The van der Waals surface area contributed by atoms with Crippen molar-refractivity contribution in [1.29, 1.82) is 0 Å². The van der Waals surface area contributed by atoms with E-state index < -0.39 is 6.10 Å². The third-order valence-corrected chi connectivity index (χ3v) is 12.2. The van der Waals surface area contributed by atoms with E-state index in [1.54, 1.807) is 0 Å². The molecule has 0 aromatic heterocycles. The van der Waals surface area contributed by atoms with Crippen LogP contribution in [0.2, 0.25) is 0 Å². The second-order valence-electron chi connectivity index (χ2n) is 19.2. The number of hydrogen-bond donors (Lipinski definition) is 0. The zero-order valence-corrected chi connectivity index (χ0v) is 46.7. The Morgan fingerprint density at radius 2 is 0.542 bits per heavy atom. The molecule has 0 saturated heterocycles. The molecular weight excluding hydrogens is 889 g/mol. The third kappa shape index (κ3) is 56.7. The van der Waals surface area contributed by atoms with Crippen LogP contribution in [0.25, 0.3) is 0 Å². The summed E-state index contributed by atoms with van der Waals surface area (Å²) in [6.07, 6.45) is 82.2. The molecule has 0 fully saturated rings. The number of hydrogen-bond acceptors (Lipinski definition) is 6. The molecule has 72 heavy (non-hydrogen) atoms. The highest BCUT2D eigenvalue weighted by atomic mass is 16.6. The van der Waals surface area contributed by atoms with Crippen molar-refractivity contribution in [3.8, 4) is 0 Å². The standard InChI is InChI=1S/C66H108O6/c1-4-7-10-13-16-18-20-22-24-25-26-27-28-29-30-31-32-33-34-35-36-37-38-39-40-41-42-44-45-47-50-53-56-59-65(68)71-62-63(61-70-64(67)58-55-52-49-15-12-9-6-3)72-66(69)60-57-54-51-48-46-43-23-21-19-17-14-11-8-5-2/h7,10,16,18,22,24,26-27,29-30,32-33,35-36,38-39,41-42,45,47,63H,4-6,8-9,11-15,17,19-21,23,25,28,31,34,37,40,43-44,46,48-62H2,1-3H3/b10-7-,18-16-,24-22-,27-26-,30-29-,33-32-,36-35-,39-38-,42-41-,47-45-. The zero-order chi connectivity index (χ0) is 52.2. The molecule has 408 valence electrons. The van der Waals surface area contributed by atoms with E-state index in [1.807, 2.05) is 0 Å².